The molecule has 0 atom stereocenters. The molecule has 5 heteroatoms. The molecule has 0 aromatic heterocycles. The largest absolute Gasteiger partial charge is 0.485 e. The van der Waals surface area contributed by atoms with Crippen LogP contribution in [0.5, 0.6) is 5.75 Å². The fourth-order valence-corrected chi connectivity index (χ4v) is 2.50. The Labute approximate surface area is 156 Å². The van der Waals surface area contributed by atoms with Crippen LogP contribution in [0.3, 0.4) is 0 Å². The van der Waals surface area contributed by atoms with Gasteiger partial charge in [0.05, 0.1) is 0 Å². The normalized spacial score (nSPS) is 10.2. The summed E-state index contributed by atoms with van der Waals surface area (Å²) < 4.78 is 5.45. The van der Waals surface area contributed by atoms with Crippen molar-refractivity contribution in [2.45, 2.75) is 0 Å². The van der Waals surface area contributed by atoms with Crippen molar-refractivity contribution in [1.29, 1.82) is 0 Å². The summed E-state index contributed by atoms with van der Waals surface area (Å²) in [7, 11) is 0. The Kier molecular flexibility index (Phi) is 5.66. The summed E-state index contributed by atoms with van der Waals surface area (Å²) in [6.45, 7) is -0.0872. The molecule has 0 fully saturated rings. The van der Waals surface area contributed by atoms with Gasteiger partial charge >= 0.3 is 0 Å². The van der Waals surface area contributed by atoms with Crippen molar-refractivity contribution in [1.82, 2.24) is 0 Å². The maximum Gasteiger partial charge on any atom is 0.255 e. The molecule has 0 radical (unpaired) electrons. The van der Waals surface area contributed by atoms with Crippen LogP contribution in [0.4, 0.5) is 5.69 Å². The Morgan fingerprint density at radius 1 is 0.846 bits per heavy atom. The SMILES string of the molecule is O=C(COc1cccc(Cl)c1)c1ccc(NC(=O)c2ccccc2)cc1. The lowest BCUT2D eigenvalue weighted by Crippen LogP contribution is -2.13. The Bertz CT molecular complexity index is 908. The van der Waals surface area contributed by atoms with Gasteiger partial charge in [0.25, 0.3) is 5.91 Å². The number of ketones is 1. The van der Waals surface area contributed by atoms with Crippen LogP contribution in [0.1, 0.15) is 20.7 Å². The molecule has 1 amide bonds. The number of hydrogen-bond acceptors (Lipinski definition) is 3. The summed E-state index contributed by atoms with van der Waals surface area (Å²) in [6, 6.07) is 22.5. The number of rotatable bonds is 6. The minimum atomic E-state index is -0.200. The first kappa shape index (κ1) is 17.7. The van der Waals surface area contributed by atoms with Crippen molar-refractivity contribution >= 4 is 29.0 Å². The van der Waals surface area contributed by atoms with Gasteiger partial charge in [0.1, 0.15) is 5.75 Å². The number of carbonyl (C=O) groups is 2. The highest BCUT2D eigenvalue weighted by atomic mass is 35.5. The number of carbonyl (C=O) groups excluding carboxylic acids is 2. The van der Waals surface area contributed by atoms with Gasteiger partial charge in [0.2, 0.25) is 0 Å². The van der Waals surface area contributed by atoms with E-state index in [1.165, 1.54) is 0 Å². The lowest BCUT2D eigenvalue weighted by Gasteiger charge is -2.08. The van der Waals surface area contributed by atoms with Gasteiger partial charge in [-0.1, -0.05) is 35.9 Å². The van der Waals surface area contributed by atoms with Gasteiger partial charge < -0.3 is 10.1 Å². The van der Waals surface area contributed by atoms with Crippen molar-refractivity contribution in [2.24, 2.45) is 0 Å². The van der Waals surface area contributed by atoms with Crippen LogP contribution < -0.4 is 10.1 Å². The van der Waals surface area contributed by atoms with Gasteiger partial charge in [-0.05, 0) is 54.6 Å². The van der Waals surface area contributed by atoms with Crippen molar-refractivity contribution in [3.8, 4) is 5.75 Å². The minimum Gasteiger partial charge on any atom is -0.485 e. The zero-order valence-corrected chi connectivity index (χ0v) is 14.6. The van der Waals surface area contributed by atoms with Gasteiger partial charge in [-0.2, -0.15) is 0 Å². The molecule has 0 aliphatic carbocycles. The van der Waals surface area contributed by atoms with E-state index in [2.05, 4.69) is 5.32 Å². The van der Waals surface area contributed by atoms with E-state index >= 15 is 0 Å². The second-order valence-corrected chi connectivity index (χ2v) is 6.00. The van der Waals surface area contributed by atoms with Crippen molar-refractivity contribution in [2.75, 3.05) is 11.9 Å². The summed E-state index contributed by atoms with van der Waals surface area (Å²) in [5, 5.41) is 3.34. The maximum atomic E-state index is 12.2. The monoisotopic (exact) mass is 365 g/mol. The molecule has 0 heterocycles. The smallest absolute Gasteiger partial charge is 0.255 e. The van der Waals surface area contributed by atoms with Gasteiger partial charge in [-0.3, -0.25) is 9.59 Å². The van der Waals surface area contributed by atoms with Gasteiger partial charge in [-0.15, -0.1) is 0 Å². The Morgan fingerprint density at radius 3 is 2.27 bits per heavy atom. The van der Waals surface area contributed by atoms with E-state index in [0.29, 0.717) is 27.6 Å². The van der Waals surface area contributed by atoms with E-state index in [9.17, 15) is 9.59 Å². The Morgan fingerprint density at radius 2 is 1.58 bits per heavy atom. The van der Waals surface area contributed by atoms with Crippen LogP contribution in [0.15, 0.2) is 78.9 Å². The number of halogens is 1. The Hall–Kier alpha value is -3.11. The zero-order valence-electron chi connectivity index (χ0n) is 13.8. The average Bonchev–Trinajstić information content (AvgIpc) is 2.67. The van der Waals surface area contributed by atoms with Crippen molar-refractivity contribution in [3.63, 3.8) is 0 Å². The molecule has 0 aliphatic rings. The predicted molar refractivity (Wildman–Crippen MR) is 102 cm³/mol. The molecule has 1 N–H and O–H groups in total. The molecular weight excluding hydrogens is 350 g/mol. The molecule has 130 valence electrons. The first-order chi connectivity index (χ1) is 12.6. The van der Waals surface area contributed by atoms with Crippen LogP contribution in [-0.2, 0) is 0 Å². The number of nitrogens with one attached hydrogen (secondary N) is 1. The fraction of sp³-hybridized carbons (Fsp3) is 0.0476. The van der Waals surface area contributed by atoms with E-state index in [0.717, 1.165) is 0 Å². The number of ether oxygens (including phenoxy) is 1. The summed E-state index contributed by atoms with van der Waals surface area (Å²) in [5.74, 6) is 0.178. The quantitative estimate of drug-likeness (QED) is 0.635. The van der Waals surface area contributed by atoms with Crippen LogP contribution >= 0.6 is 11.6 Å². The predicted octanol–water partition coefficient (Wildman–Crippen LogP) is 4.85. The topological polar surface area (TPSA) is 55.4 Å². The second kappa shape index (κ2) is 8.32. The second-order valence-electron chi connectivity index (χ2n) is 5.57. The molecule has 26 heavy (non-hydrogen) atoms. The minimum absolute atomic E-state index is 0.0872. The maximum absolute atomic E-state index is 12.2. The molecule has 3 aromatic rings. The summed E-state index contributed by atoms with van der Waals surface area (Å²) >= 11 is 5.88. The molecule has 3 rings (SSSR count). The summed E-state index contributed by atoms with van der Waals surface area (Å²) in [5.41, 5.74) is 1.69. The van der Waals surface area contributed by atoms with E-state index in [-0.39, 0.29) is 18.3 Å². The number of amides is 1. The highest BCUT2D eigenvalue weighted by molar-refractivity contribution is 6.30. The summed E-state index contributed by atoms with van der Waals surface area (Å²) in [6.07, 6.45) is 0. The Balaban J connectivity index is 1.58. The standard InChI is InChI=1S/C21H16ClNO3/c22-17-7-4-8-19(13-17)26-14-20(24)15-9-11-18(12-10-15)23-21(25)16-5-2-1-3-6-16/h1-13H,14H2,(H,23,25). The highest BCUT2D eigenvalue weighted by Crippen LogP contribution is 2.18. The number of Topliss-reactive ketones (excluding diaryl/α,β-unsaturated/α-hetero) is 1. The third-order valence-corrected chi connectivity index (χ3v) is 3.90. The van der Waals surface area contributed by atoms with E-state index in [1.807, 2.05) is 6.07 Å². The summed E-state index contributed by atoms with van der Waals surface area (Å²) in [4.78, 5) is 24.3. The van der Waals surface area contributed by atoms with Crippen LogP contribution in [0, 0.1) is 0 Å². The van der Waals surface area contributed by atoms with Gasteiger partial charge in [0, 0.05) is 21.8 Å². The first-order valence-corrected chi connectivity index (χ1v) is 8.37. The molecule has 0 unspecified atom stereocenters. The first-order valence-electron chi connectivity index (χ1n) is 8.00. The molecule has 0 saturated heterocycles. The molecule has 0 bridgehead atoms. The average molecular weight is 366 g/mol. The van der Waals surface area contributed by atoms with E-state index < -0.39 is 0 Å². The van der Waals surface area contributed by atoms with Gasteiger partial charge in [-0.25, -0.2) is 0 Å². The van der Waals surface area contributed by atoms with Crippen LogP contribution in [0.2, 0.25) is 5.02 Å². The lowest BCUT2D eigenvalue weighted by atomic mass is 10.1. The fourth-order valence-electron chi connectivity index (χ4n) is 2.32. The molecule has 0 saturated carbocycles. The van der Waals surface area contributed by atoms with Gasteiger partial charge in [0.15, 0.2) is 12.4 Å². The number of hydrogen-bond donors (Lipinski definition) is 1. The third kappa shape index (κ3) is 4.71. The van der Waals surface area contributed by atoms with E-state index in [1.54, 1.807) is 72.8 Å². The lowest BCUT2D eigenvalue weighted by molar-refractivity contribution is 0.0921. The third-order valence-electron chi connectivity index (χ3n) is 3.67. The molecular formula is C21H16ClNO3. The molecule has 0 spiro atoms. The molecule has 4 nitrogen and oxygen atoms in total. The van der Waals surface area contributed by atoms with Crippen LogP contribution in [0.25, 0.3) is 0 Å². The number of anilines is 1. The van der Waals surface area contributed by atoms with E-state index in [4.69, 9.17) is 16.3 Å². The number of benzene rings is 3. The zero-order chi connectivity index (χ0) is 18.4. The molecule has 3 aromatic carbocycles. The molecule has 0 aliphatic heterocycles. The van der Waals surface area contributed by atoms with Crippen molar-refractivity contribution < 1.29 is 14.3 Å². The highest BCUT2D eigenvalue weighted by Gasteiger charge is 2.09. The van der Waals surface area contributed by atoms with Crippen molar-refractivity contribution in [3.05, 3.63) is 95.0 Å². The van der Waals surface area contributed by atoms with Crippen LogP contribution in [-0.4, -0.2) is 18.3 Å².